The van der Waals surface area contributed by atoms with Crippen LogP contribution in [0.4, 0.5) is 11.4 Å². The molecule has 0 aliphatic heterocycles. The lowest BCUT2D eigenvalue weighted by Crippen LogP contribution is -2.26. The number of para-hydroxylation sites is 2. The van der Waals surface area contributed by atoms with Crippen molar-refractivity contribution in [1.82, 2.24) is 9.78 Å². The maximum Gasteiger partial charge on any atom is 0.279 e. The number of hydrogen-bond acceptors (Lipinski definition) is 5. The minimum absolute atomic E-state index is 0.0797. The minimum Gasteiger partial charge on any atom is -0.494 e. The summed E-state index contributed by atoms with van der Waals surface area (Å²) in [7, 11) is 1.50. The van der Waals surface area contributed by atoms with Crippen LogP contribution in [-0.4, -0.2) is 28.7 Å². The zero-order valence-electron chi connectivity index (χ0n) is 17.5. The second-order valence-electron chi connectivity index (χ2n) is 7.00. The molecule has 4 aromatic rings. The van der Waals surface area contributed by atoms with E-state index in [0.717, 1.165) is 0 Å². The molecule has 2 N–H and O–H groups in total. The molecule has 0 saturated carbocycles. The molecule has 0 aliphatic carbocycles. The van der Waals surface area contributed by atoms with Crippen LogP contribution in [0.1, 0.15) is 17.4 Å². The number of carbonyl (C=O) groups is 2. The number of rotatable bonds is 5. The van der Waals surface area contributed by atoms with E-state index < -0.39 is 5.91 Å². The molecule has 32 heavy (non-hydrogen) atoms. The summed E-state index contributed by atoms with van der Waals surface area (Å²) in [5, 5.41) is 10.6. The first kappa shape index (κ1) is 20.8. The fourth-order valence-corrected chi connectivity index (χ4v) is 3.39. The Bertz CT molecular complexity index is 1390. The molecular formula is C24H20N4O4. The lowest BCUT2D eigenvalue weighted by molar-refractivity contribution is -0.114. The van der Waals surface area contributed by atoms with Crippen molar-refractivity contribution in [2.45, 2.75) is 6.92 Å². The van der Waals surface area contributed by atoms with Gasteiger partial charge in [0.25, 0.3) is 11.5 Å². The molecule has 0 saturated heterocycles. The summed E-state index contributed by atoms with van der Waals surface area (Å²) in [6, 6.07) is 20.5. The number of carbonyl (C=O) groups excluding carboxylic acids is 2. The Balaban J connectivity index is 1.82. The molecule has 0 atom stereocenters. The van der Waals surface area contributed by atoms with Gasteiger partial charge in [0, 0.05) is 23.7 Å². The first-order valence-electron chi connectivity index (χ1n) is 9.82. The smallest absolute Gasteiger partial charge is 0.279 e. The summed E-state index contributed by atoms with van der Waals surface area (Å²) in [6.07, 6.45) is 0. The molecule has 1 aromatic heterocycles. The number of hydrogen-bond donors (Lipinski definition) is 2. The summed E-state index contributed by atoms with van der Waals surface area (Å²) in [4.78, 5) is 37.7. The normalized spacial score (nSPS) is 10.6. The quantitative estimate of drug-likeness (QED) is 0.506. The van der Waals surface area contributed by atoms with Crippen molar-refractivity contribution in [1.29, 1.82) is 0 Å². The molecule has 0 unspecified atom stereocenters. The largest absolute Gasteiger partial charge is 0.494 e. The van der Waals surface area contributed by atoms with E-state index in [1.54, 1.807) is 72.8 Å². The predicted octanol–water partition coefficient (Wildman–Crippen LogP) is 3.61. The van der Waals surface area contributed by atoms with Crippen LogP contribution in [-0.2, 0) is 4.79 Å². The standard InChI is InChI=1S/C24H20N4O4/c1-15(29)25-16-8-7-9-17(14-16)26-23(30)22-18-10-3-4-11-19(18)24(31)28(27-22)20-12-5-6-13-21(20)32-2/h3-14H,1-2H3,(H,25,29)(H,26,30). The van der Waals surface area contributed by atoms with Gasteiger partial charge < -0.3 is 15.4 Å². The van der Waals surface area contributed by atoms with Gasteiger partial charge in [-0.05, 0) is 36.4 Å². The molecule has 0 radical (unpaired) electrons. The maximum absolute atomic E-state index is 13.2. The van der Waals surface area contributed by atoms with Crippen LogP contribution in [0.3, 0.4) is 0 Å². The van der Waals surface area contributed by atoms with E-state index in [9.17, 15) is 14.4 Å². The van der Waals surface area contributed by atoms with Crippen molar-refractivity contribution in [3.63, 3.8) is 0 Å². The average molecular weight is 428 g/mol. The fraction of sp³-hybridized carbons (Fsp3) is 0.0833. The van der Waals surface area contributed by atoms with Gasteiger partial charge in [0.05, 0.1) is 12.5 Å². The third-order valence-corrected chi connectivity index (χ3v) is 4.77. The van der Waals surface area contributed by atoms with E-state index in [1.807, 2.05) is 0 Å². The molecule has 2 amide bonds. The van der Waals surface area contributed by atoms with Gasteiger partial charge >= 0.3 is 0 Å². The first-order valence-corrected chi connectivity index (χ1v) is 9.82. The van der Waals surface area contributed by atoms with Gasteiger partial charge in [-0.1, -0.05) is 36.4 Å². The van der Waals surface area contributed by atoms with Gasteiger partial charge in [-0.15, -0.1) is 0 Å². The third kappa shape index (κ3) is 4.06. The molecule has 8 heteroatoms. The number of fused-ring (bicyclic) bond motifs is 1. The van der Waals surface area contributed by atoms with Crippen molar-refractivity contribution in [3.05, 3.63) is 88.8 Å². The number of benzene rings is 3. The molecule has 3 aromatic carbocycles. The summed E-state index contributed by atoms with van der Waals surface area (Å²) >= 11 is 0. The second kappa shape index (κ2) is 8.73. The molecule has 8 nitrogen and oxygen atoms in total. The van der Waals surface area contributed by atoms with Crippen LogP contribution < -0.4 is 20.9 Å². The van der Waals surface area contributed by atoms with Crippen LogP contribution in [0.2, 0.25) is 0 Å². The number of ether oxygens (including phenoxy) is 1. The Labute approximate surface area is 183 Å². The van der Waals surface area contributed by atoms with Gasteiger partial charge in [0.2, 0.25) is 5.91 Å². The number of nitrogens with zero attached hydrogens (tertiary/aromatic N) is 2. The Morgan fingerprint density at radius 1 is 0.875 bits per heavy atom. The predicted molar refractivity (Wildman–Crippen MR) is 123 cm³/mol. The molecule has 0 fully saturated rings. The minimum atomic E-state index is -0.496. The summed E-state index contributed by atoms with van der Waals surface area (Å²) in [6.45, 7) is 1.41. The number of nitrogens with one attached hydrogen (secondary N) is 2. The Hall–Kier alpha value is -4.46. The highest BCUT2D eigenvalue weighted by atomic mass is 16.5. The highest BCUT2D eigenvalue weighted by Crippen LogP contribution is 2.23. The fourth-order valence-electron chi connectivity index (χ4n) is 3.39. The lowest BCUT2D eigenvalue weighted by Gasteiger charge is -2.14. The highest BCUT2D eigenvalue weighted by Gasteiger charge is 2.19. The number of methoxy groups -OCH3 is 1. The molecular weight excluding hydrogens is 408 g/mol. The molecule has 0 bridgehead atoms. The van der Waals surface area contributed by atoms with Crippen LogP contribution in [0.15, 0.2) is 77.6 Å². The zero-order chi connectivity index (χ0) is 22.7. The molecule has 0 aliphatic rings. The van der Waals surface area contributed by atoms with Crippen LogP contribution in [0.25, 0.3) is 16.5 Å². The van der Waals surface area contributed by atoms with Gasteiger partial charge in [0.15, 0.2) is 5.69 Å². The first-order chi connectivity index (χ1) is 15.5. The van der Waals surface area contributed by atoms with Gasteiger partial charge in [-0.2, -0.15) is 9.78 Å². The van der Waals surface area contributed by atoms with Gasteiger partial charge in [-0.3, -0.25) is 14.4 Å². The van der Waals surface area contributed by atoms with Gasteiger partial charge in [0.1, 0.15) is 11.4 Å². The number of anilines is 2. The van der Waals surface area contributed by atoms with Crippen LogP contribution >= 0.6 is 0 Å². The van der Waals surface area contributed by atoms with Crippen molar-refractivity contribution in [2.75, 3.05) is 17.7 Å². The third-order valence-electron chi connectivity index (χ3n) is 4.77. The molecule has 1 heterocycles. The van der Waals surface area contributed by atoms with Crippen molar-refractivity contribution < 1.29 is 14.3 Å². The van der Waals surface area contributed by atoms with Crippen molar-refractivity contribution in [3.8, 4) is 11.4 Å². The zero-order valence-corrected chi connectivity index (χ0v) is 17.5. The maximum atomic E-state index is 13.2. The Kier molecular flexibility index (Phi) is 5.67. The van der Waals surface area contributed by atoms with E-state index in [1.165, 1.54) is 18.7 Å². The SMILES string of the molecule is COc1ccccc1-n1nc(C(=O)Nc2cccc(NC(C)=O)c2)c2ccccc2c1=O. The summed E-state index contributed by atoms with van der Waals surface area (Å²) < 4.78 is 6.54. The Morgan fingerprint density at radius 2 is 1.53 bits per heavy atom. The number of amides is 2. The summed E-state index contributed by atoms with van der Waals surface area (Å²) in [5.41, 5.74) is 1.16. The lowest BCUT2D eigenvalue weighted by atomic mass is 10.1. The van der Waals surface area contributed by atoms with Crippen molar-refractivity contribution >= 4 is 34.0 Å². The number of aromatic nitrogens is 2. The van der Waals surface area contributed by atoms with Crippen LogP contribution in [0.5, 0.6) is 5.75 Å². The van der Waals surface area contributed by atoms with Crippen molar-refractivity contribution in [2.24, 2.45) is 0 Å². The topological polar surface area (TPSA) is 102 Å². The second-order valence-corrected chi connectivity index (χ2v) is 7.00. The van der Waals surface area contributed by atoms with E-state index in [0.29, 0.717) is 33.6 Å². The van der Waals surface area contributed by atoms with E-state index in [4.69, 9.17) is 4.74 Å². The average Bonchev–Trinajstić information content (AvgIpc) is 2.79. The molecule has 0 spiro atoms. The van der Waals surface area contributed by atoms with Crippen LogP contribution in [0, 0.1) is 0 Å². The summed E-state index contributed by atoms with van der Waals surface area (Å²) in [5.74, 6) is -0.262. The molecule has 4 rings (SSSR count). The van der Waals surface area contributed by atoms with E-state index in [-0.39, 0.29) is 17.2 Å². The van der Waals surface area contributed by atoms with Gasteiger partial charge in [-0.25, -0.2) is 0 Å². The Morgan fingerprint density at radius 3 is 2.25 bits per heavy atom. The van der Waals surface area contributed by atoms with E-state index in [2.05, 4.69) is 15.7 Å². The highest BCUT2D eigenvalue weighted by molar-refractivity contribution is 6.11. The van der Waals surface area contributed by atoms with E-state index >= 15 is 0 Å². The monoisotopic (exact) mass is 428 g/mol. The molecule has 160 valence electrons.